The monoisotopic (exact) mass is 352 g/mol. The smallest absolute Gasteiger partial charge is 0.100 e. The zero-order valence-electron chi connectivity index (χ0n) is 14.0. The SMILES string of the molecule is N[C@H]1CC[C@@H](c2[nH]nc(-c3cccc(Cl)c3)c2-c2ccncc2)CC1. The molecule has 0 saturated heterocycles. The third kappa shape index (κ3) is 3.32. The van der Waals surface area contributed by atoms with E-state index in [2.05, 4.69) is 15.2 Å². The third-order valence-electron chi connectivity index (χ3n) is 5.04. The van der Waals surface area contributed by atoms with Gasteiger partial charge in [-0.2, -0.15) is 5.10 Å². The summed E-state index contributed by atoms with van der Waals surface area (Å²) in [6.07, 6.45) is 7.96. The summed E-state index contributed by atoms with van der Waals surface area (Å²) in [7, 11) is 0. The first kappa shape index (κ1) is 16.3. The van der Waals surface area contributed by atoms with Crippen molar-refractivity contribution in [2.75, 3.05) is 0 Å². The second-order valence-electron chi connectivity index (χ2n) is 6.72. The molecule has 0 aliphatic heterocycles. The number of nitrogens with one attached hydrogen (secondary N) is 1. The number of nitrogens with zero attached hydrogens (tertiary/aromatic N) is 2. The van der Waals surface area contributed by atoms with Crippen LogP contribution in [-0.2, 0) is 0 Å². The van der Waals surface area contributed by atoms with Gasteiger partial charge in [0.05, 0.1) is 0 Å². The standard InChI is InChI=1S/C20H21ClN4/c21-16-3-1-2-15(12-16)20-18(13-8-10-23-11-9-13)19(24-25-20)14-4-6-17(22)7-5-14/h1-3,8-12,14,17H,4-7,22H2,(H,24,25)/t14-,17+. The number of nitrogens with two attached hydrogens (primary N) is 1. The molecule has 0 bridgehead atoms. The molecule has 0 spiro atoms. The quantitative estimate of drug-likeness (QED) is 0.713. The van der Waals surface area contributed by atoms with Crippen LogP contribution in [0.4, 0.5) is 0 Å². The molecule has 0 radical (unpaired) electrons. The Bertz CT molecular complexity index is 851. The van der Waals surface area contributed by atoms with Crippen molar-refractivity contribution < 1.29 is 0 Å². The summed E-state index contributed by atoms with van der Waals surface area (Å²) in [5.74, 6) is 0.461. The summed E-state index contributed by atoms with van der Waals surface area (Å²) in [4.78, 5) is 4.16. The zero-order chi connectivity index (χ0) is 17.2. The molecule has 4 rings (SSSR count). The topological polar surface area (TPSA) is 67.6 Å². The fourth-order valence-corrected chi connectivity index (χ4v) is 3.90. The number of hydrogen-bond donors (Lipinski definition) is 2. The van der Waals surface area contributed by atoms with Crippen LogP contribution < -0.4 is 5.73 Å². The van der Waals surface area contributed by atoms with Gasteiger partial charge < -0.3 is 5.73 Å². The van der Waals surface area contributed by atoms with Crippen molar-refractivity contribution in [3.63, 3.8) is 0 Å². The predicted octanol–water partition coefficient (Wildman–Crippen LogP) is 4.78. The Kier molecular flexibility index (Phi) is 4.55. The molecule has 0 unspecified atom stereocenters. The van der Waals surface area contributed by atoms with Gasteiger partial charge in [-0.1, -0.05) is 23.7 Å². The van der Waals surface area contributed by atoms with Gasteiger partial charge in [0.2, 0.25) is 0 Å². The fourth-order valence-electron chi connectivity index (χ4n) is 3.71. The van der Waals surface area contributed by atoms with Gasteiger partial charge in [-0.3, -0.25) is 10.1 Å². The van der Waals surface area contributed by atoms with E-state index in [-0.39, 0.29) is 0 Å². The average molecular weight is 353 g/mol. The Balaban J connectivity index is 1.83. The summed E-state index contributed by atoms with van der Waals surface area (Å²) in [5, 5.41) is 8.70. The van der Waals surface area contributed by atoms with Gasteiger partial charge in [-0.05, 0) is 55.5 Å². The number of H-pyrrole nitrogens is 1. The first-order valence-corrected chi connectivity index (χ1v) is 9.10. The summed E-state index contributed by atoms with van der Waals surface area (Å²) in [6, 6.07) is 12.3. The minimum atomic E-state index is 0.330. The maximum atomic E-state index is 6.20. The molecule has 5 heteroatoms. The van der Waals surface area contributed by atoms with Crippen LogP contribution in [0.2, 0.25) is 5.02 Å². The van der Waals surface area contributed by atoms with E-state index in [1.807, 2.05) is 48.8 Å². The Hall–Kier alpha value is -2.17. The number of halogens is 1. The number of pyridine rings is 1. The second kappa shape index (κ2) is 6.98. The highest BCUT2D eigenvalue weighted by Gasteiger charge is 2.26. The van der Waals surface area contributed by atoms with Gasteiger partial charge in [0.1, 0.15) is 5.69 Å². The Morgan fingerprint density at radius 1 is 1.00 bits per heavy atom. The van der Waals surface area contributed by atoms with E-state index in [0.29, 0.717) is 17.0 Å². The maximum Gasteiger partial charge on any atom is 0.100 e. The van der Waals surface area contributed by atoms with E-state index >= 15 is 0 Å². The first-order chi connectivity index (χ1) is 12.2. The molecule has 0 amide bonds. The summed E-state index contributed by atoms with van der Waals surface area (Å²) < 4.78 is 0. The van der Waals surface area contributed by atoms with Crippen molar-refractivity contribution in [2.24, 2.45) is 5.73 Å². The van der Waals surface area contributed by atoms with Gasteiger partial charge in [0.15, 0.2) is 0 Å². The average Bonchev–Trinajstić information content (AvgIpc) is 3.08. The minimum Gasteiger partial charge on any atom is -0.328 e. The molecule has 1 aliphatic carbocycles. The number of aromatic amines is 1. The van der Waals surface area contributed by atoms with Gasteiger partial charge >= 0.3 is 0 Å². The molecule has 3 N–H and O–H groups in total. The molecule has 1 saturated carbocycles. The molecular formula is C20H21ClN4. The highest BCUT2D eigenvalue weighted by Crippen LogP contribution is 2.41. The van der Waals surface area contributed by atoms with Crippen LogP contribution in [0.15, 0.2) is 48.8 Å². The van der Waals surface area contributed by atoms with Crippen molar-refractivity contribution in [3.8, 4) is 22.4 Å². The van der Waals surface area contributed by atoms with Gasteiger partial charge in [-0.25, -0.2) is 0 Å². The molecule has 25 heavy (non-hydrogen) atoms. The van der Waals surface area contributed by atoms with E-state index in [1.54, 1.807) is 0 Å². The lowest BCUT2D eigenvalue weighted by atomic mass is 9.82. The maximum absolute atomic E-state index is 6.20. The lowest BCUT2D eigenvalue weighted by molar-refractivity contribution is 0.391. The largest absolute Gasteiger partial charge is 0.328 e. The normalized spacial score (nSPS) is 20.6. The van der Waals surface area contributed by atoms with Crippen LogP contribution in [0.1, 0.15) is 37.3 Å². The Labute approximate surface area is 152 Å². The third-order valence-corrected chi connectivity index (χ3v) is 5.28. The highest BCUT2D eigenvalue weighted by molar-refractivity contribution is 6.30. The van der Waals surface area contributed by atoms with Crippen LogP contribution in [0, 0.1) is 0 Å². The lowest BCUT2D eigenvalue weighted by Gasteiger charge is -2.26. The highest BCUT2D eigenvalue weighted by atomic mass is 35.5. The van der Waals surface area contributed by atoms with E-state index in [1.165, 1.54) is 5.69 Å². The van der Waals surface area contributed by atoms with Crippen LogP contribution in [0.5, 0.6) is 0 Å². The zero-order valence-corrected chi connectivity index (χ0v) is 14.7. The van der Waals surface area contributed by atoms with Gasteiger partial charge in [-0.15, -0.1) is 0 Å². The molecule has 4 nitrogen and oxygen atoms in total. The molecule has 3 aromatic rings. The van der Waals surface area contributed by atoms with Gasteiger partial charge in [0.25, 0.3) is 0 Å². The minimum absolute atomic E-state index is 0.330. The molecular weight excluding hydrogens is 332 g/mol. The van der Waals surface area contributed by atoms with Gasteiger partial charge in [0, 0.05) is 46.2 Å². The summed E-state index contributed by atoms with van der Waals surface area (Å²) in [6.45, 7) is 0. The van der Waals surface area contributed by atoms with Crippen molar-refractivity contribution in [2.45, 2.75) is 37.6 Å². The van der Waals surface area contributed by atoms with Crippen LogP contribution >= 0.6 is 11.6 Å². The van der Waals surface area contributed by atoms with Crippen LogP contribution in [0.25, 0.3) is 22.4 Å². The summed E-state index contributed by atoms with van der Waals surface area (Å²) in [5.41, 5.74) is 11.5. The van der Waals surface area contributed by atoms with Crippen molar-refractivity contribution in [3.05, 3.63) is 59.5 Å². The van der Waals surface area contributed by atoms with Crippen LogP contribution in [-0.4, -0.2) is 21.2 Å². The Morgan fingerprint density at radius 2 is 1.76 bits per heavy atom. The molecule has 0 atom stereocenters. The van der Waals surface area contributed by atoms with Crippen LogP contribution in [0.3, 0.4) is 0 Å². The first-order valence-electron chi connectivity index (χ1n) is 8.72. The molecule has 1 fully saturated rings. The fraction of sp³-hybridized carbons (Fsp3) is 0.300. The van der Waals surface area contributed by atoms with Crippen molar-refractivity contribution in [1.29, 1.82) is 0 Å². The van der Waals surface area contributed by atoms with E-state index < -0.39 is 0 Å². The number of rotatable bonds is 3. The number of hydrogen-bond acceptors (Lipinski definition) is 3. The second-order valence-corrected chi connectivity index (χ2v) is 7.16. The number of benzene rings is 1. The molecule has 128 valence electrons. The summed E-state index contributed by atoms with van der Waals surface area (Å²) >= 11 is 6.20. The molecule has 1 aromatic carbocycles. The molecule has 2 aromatic heterocycles. The molecule has 1 aliphatic rings. The predicted molar refractivity (Wildman–Crippen MR) is 101 cm³/mol. The van der Waals surface area contributed by atoms with Crippen molar-refractivity contribution >= 4 is 11.6 Å². The molecule has 2 heterocycles. The van der Waals surface area contributed by atoms with Crippen molar-refractivity contribution in [1.82, 2.24) is 15.2 Å². The van der Waals surface area contributed by atoms with E-state index in [4.69, 9.17) is 17.3 Å². The van der Waals surface area contributed by atoms with E-state index in [9.17, 15) is 0 Å². The van der Waals surface area contributed by atoms with E-state index in [0.717, 1.165) is 48.1 Å². The number of aromatic nitrogens is 3. The lowest BCUT2D eigenvalue weighted by Crippen LogP contribution is -2.26. The Morgan fingerprint density at radius 3 is 2.48 bits per heavy atom.